The highest BCUT2D eigenvalue weighted by Gasteiger charge is 2.48. The number of rotatable bonds is 21. The predicted octanol–water partition coefficient (Wildman–Crippen LogP) is -1.57. The predicted molar refractivity (Wildman–Crippen MR) is 161 cm³/mol. The number of carboxylic acids is 1. The van der Waals surface area contributed by atoms with Crippen LogP contribution in [0.1, 0.15) is 30.9 Å². The van der Waals surface area contributed by atoms with Crippen molar-refractivity contribution in [1.82, 2.24) is 10.2 Å². The third-order valence-electron chi connectivity index (χ3n) is 7.15. The van der Waals surface area contributed by atoms with Gasteiger partial charge in [-0.15, -0.1) is 0 Å². The molecule has 5 N–H and O–H groups in total. The number of aliphatic hydroxyl groups is 3. The van der Waals surface area contributed by atoms with Crippen LogP contribution in [0, 0.1) is 0 Å². The third-order valence-corrected chi connectivity index (χ3v) is 7.15. The van der Waals surface area contributed by atoms with Gasteiger partial charge < -0.3 is 54.2 Å². The van der Waals surface area contributed by atoms with Crippen LogP contribution in [0.3, 0.4) is 0 Å². The number of aliphatic hydroxyl groups excluding tert-OH is 3. The summed E-state index contributed by atoms with van der Waals surface area (Å²) >= 11 is 0. The second kappa shape index (κ2) is 19.8. The molecule has 3 amide bonds. The summed E-state index contributed by atoms with van der Waals surface area (Å²) in [5.41, 5.74) is 1.20. The molecule has 0 aliphatic carbocycles. The van der Waals surface area contributed by atoms with Crippen LogP contribution in [0.25, 0.3) is 0 Å². The van der Waals surface area contributed by atoms with Crippen LogP contribution >= 0.6 is 0 Å². The fourth-order valence-corrected chi connectivity index (χ4v) is 4.57. The minimum absolute atomic E-state index is 0.0112. The molecule has 0 unspecified atom stereocenters. The molecular formula is C31H42N2O15. The number of amides is 3. The van der Waals surface area contributed by atoms with Gasteiger partial charge in [0.15, 0.2) is 6.10 Å². The van der Waals surface area contributed by atoms with Crippen molar-refractivity contribution in [2.24, 2.45) is 0 Å². The maximum Gasteiger partial charge on any atom is 0.335 e. The lowest BCUT2D eigenvalue weighted by Gasteiger charge is -2.38. The maximum atomic E-state index is 11.8. The number of aryl methyl sites for hydroxylation is 1. The van der Waals surface area contributed by atoms with E-state index in [4.69, 9.17) is 28.4 Å². The molecule has 48 heavy (non-hydrogen) atoms. The number of hydrogen-bond donors (Lipinski definition) is 5. The molecule has 0 bridgehead atoms. The summed E-state index contributed by atoms with van der Waals surface area (Å²) in [4.78, 5) is 58.6. The molecule has 2 aliphatic rings. The van der Waals surface area contributed by atoms with Gasteiger partial charge in [-0.25, -0.2) is 4.79 Å². The molecule has 2 heterocycles. The van der Waals surface area contributed by atoms with Crippen molar-refractivity contribution in [2.45, 2.75) is 63.5 Å². The highest BCUT2D eigenvalue weighted by atomic mass is 16.7. The Bertz CT molecular complexity index is 1270. The van der Waals surface area contributed by atoms with E-state index in [9.17, 15) is 44.4 Å². The number of aliphatic carboxylic acids is 1. The Morgan fingerprint density at radius 2 is 1.54 bits per heavy atom. The molecule has 0 aromatic heterocycles. The van der Waals surface area contributed by atoms with Gasteiger partial charge >= 0.3 is 11.9 Å². The fraction of sp³-hybridized carbons (Fsp3) is 0.581. The Morgan fingerprint density at radius 1 is 0.896 bits per heavy atom. The Kier molecular flexibility index (Phi) is 15.8. The Balaban J connectivity index is 1.29. The number of carbonyl (C=O) groups excluding carboxylic acids is 4. The molecule has 17 heteroatoms. The summed E-state index contributed by atoms with van der Waals surface area (Å²) in [6.07, 6.45) is -5.40. The monoisotopic (exact) mass is 682 g/mol. The van der Waals surface area contributed by atoms with Crippen molar-refractivity contribution < 1.29 is 72.8 Å². The number of ether oxygens (including phenoxy) is 6. The Labute approximate surface area is 276 Å². The van der Waals surface area contributed by atoms with Gasteiger partial charge in [-0.1, -0.05) is 12.1 Å². The average molecular weight is 683 g/mol. The van der Waals surface area contributed by atoms with Gasteiger partial charge in [-0.05, 0) is 24.5 Å². The Hall–Kier alpha value is -3.97. The van der Waals surface area contributed by atoms with Gasteiger partial charge in [0.25, 0.3) is 11.8 Å². The molecule has 266 valence electrons. The molecule has 0 saturated carbocycles. The van der Waals surface area contributed by atoms with E-state index in [0.717, 1.165) is 10.5 Å². The first-order valence-electron chi connectivity index (χ1n) is 15.4. The number of carboxylic acid groups (broad SMARTS) is 1. The second-order valence-corrected chi connectivity index (χ2v) is 10.8. The van der Waals surface area contributed by atoms with Gasteiger partial charge in [0.05, 0.1) is 33.0 Å². The van der Waals surface area contributed by atoms with E-state index in [1.54, 1.807) is 18.2 Å². The molecule has 2 aliphatic heterocycles. The molecular weight excluding hydrogens is 640 g/mol. The molecule has 1 saturated heterocycles. The van der Waals surface area contributed by atoms with Crippen LogP contribution in [0.5, 0.6) is 5.75 Å². The first-order valence-corrected chi connectivity index (χ1v) is 15.4. The SMILES string of the molecule is CC(=O)OCc1ccc(CCCOCCOCCOCCNC(=O)CCN2C(=O)C=CC2=O)cc1O[C@@H]1O[C@H](C(=O)O)[C@@H](O)[C@H](O)[C@H]1O. The van der Waals surface area contributed by atoms with Crippen molar-refractivity contribution in [3.05, 3.63) is 41.5 Å². The summed E-state index contributed by atoms with van der Waals surface area (Å²) in [6, 6.07) is 5.05. The van der Waals surface area contributed by atoms with E-state index in [0.29, 0.717) is 51.4 Å². The topological polar surface area (TPSA) is 237 Å². The number of nitrogens with zero attached hydrogens (tertiary/aromatic N) is 1. The molecule has 5 atom stereocenters. The van der Waals surface area contributed by atoms with Crippen molar-refractivity contribution in [3.8, 4) is 5.75 Å². The normalized spacial score (nSPS) is 22.2. The fourth-order valence-electron chi connectivity index (χ4n) is 4.57. The van der Waals surface area contributed by atoms with Crippen LogP contribution in [-0.4, -0.2) is 138 Å². The summed E-state index contributed by atoms with van der Waals surface area (Å²) in [5, 5.41) is 42.3. The summed E-state index contributed by atoms with van der Waals surface area (Å²) in [6.45, 7) is 3.38. The minimum atomic E-state index is -1.87. The van der Waals surface area contributed by atoms with Crippen molar-refractivity contribution in [3.63, 3.8) is 0 Å². The lowest BCUT2D eigenvalue weighted by atomic mass is 9.99. The summed E-state index contributed by atoms with van der Waals surface area (Å²) in [7, 11) is 0. The van der Waals surface area contributed by atoms with Crippen molar-refractivity contribution in [2.75, 3.05) is 52.7 Å². The van der Waals surface area contributed by atoms with E-state index >= 15 is 0 Å². The zero-order chi connectivity index (χ0) is 35.1. The quantitative estimate of drug-likeness (QED) is 0.0560. The van der Waals surface area contributed by atoms with Crippen LogP contribution < -0.4 is 10.1 Å². The van der Waals surface area contributed by atoms with Crippen LogP contribution in [0.2, 0.25) is 0 Å². The number of hydrogen-bond acceptors (Lipinski definition) is 14. The second-order valence-electron chi connectivity index (χ2n) is 10.8. The molecule has 17 nitrogen and oxygen atoms in total. The minimum Gasteiger partial charge on any atom is -0.479 e. The average Bonchev–Trinajstić information content (AvgIpc) is 3.37. The molecule has 1 aromatic rings. The smallest absolute Gasteiger partial charge is 0.335 e. The Morgan fingerprint density at radius 3 is 2.19 bits per heavy atom. The van der Waals surface area contributed by atoms with E-state index in [1.807, 2.05) is 0 Å². The van der Waals surface area contributed by atoms with Gasteiger partial charge in [-0.2, -0.15) is 0 Å². The van der Waals surface area contributed by atoms with Crippen LogP contribution in [0.4, 0.5) is 0 Å². The lowest BCUT2D eigenvalue weighted by molar-refractivity contribution is -0.271. The van der Waals surface area contributed by atoms with Crippen molar-refractivity contribution in [1.29, 1.82) is 0 Å². The van der Waals surface area contributed by atoms with E-state index in [2.05, 4.69) is 5.32 Å². The number of esters is 1. The maximum absolute atomic E-state index is 11.8. The van der Waals surface area contributed by atoms with Crippen LogP contribution in [0.15, 0.2) is 30.4 Å². The number of benzene rings is 1. The summed E-state index contributed by atoms with van der Waals surface area (Å²) < 4.78 is 32.5. The molecule has 1 aromatic carbocycles. The highest BCUT2D eigenvalue weighted by molar-refractivity contribution is 6.13. The molecule has 1 fully saturated rings. The third kappa shape index (κ3) is 12.2. The number of nitrogens with one attached hydrogen (secondary N) is 1. The largest absolute Gasteiger partial charge is 0.479 e. The van der Waals surface area contributed by atoms with Crippen LogP contribution in [-0.2, 0) is 60.7 Å². The van der Waals surface area contributed by atoms with Gasteiger partial charge in [-0.3, -0.25) is 24.1 Å². The lowest BCUT2D eigenvalue weighted by Crippen LogP contribution is -2.61. The molecule has 0 radical (unpaired) electrons. The molecule has 0 spiro atoms. The summed E-state index contributed by atoms with van der Waals surface area (Å²) in [5.74, 6) is -3.10. The first kappa shape index (κ1) is 38.5. The van der Waals surface area contributed by atoms with Gasteiger partial charge in [0.2, 0.25) is 12.2 Å². The van der Waals surface area contributed by atoms with E-state index < -0.39 is 54.5 Å². The van der Waals surface area contributed by atoms with E-state index in [-0.39, 0.29) is 44.4 Å². The first-order chi connectivity index (χ1) is 23.0. The number of imide groups is 1. The van der Waals surface area contributed by atoms with E-state index in [1.165, 1.54) is 19.1 Å². The molecule has 3 rings (SSSR count). The van der Waals surface area contributed by atoms with Gasteiger partial charge in [0.1, 0.15) is 30.7 Å². The zero-order valence-corrected chi connectivity index (χ0v) is 26.5. The number of carbonyl (C=O) groups is 5. The van der Waals surface area contributed by atoms with Crippen molar-refractivity contribution >= 4 is 29.7 Å². The van der Waals surface area contributed by atoms with Gasteiger partial charge in [0, 0.05) is 50.8 Å². The standard InChI is InChI=1S/C31H42N2O15/c1-19(34)46-18-21-5-4-20(17-22(21)47-31-28(40)26(38)27(39)29(48-31)30(41)42)3-2-11-43-13-15-45-16-14-44-12-9-32-23(35)8-10-33-24(36)6-7-25(33)37/h4-7,17,26-29,31,38-40H,2-3,8-16,18H2,1H3,(H,32,35)(H,41,42)/t26-,27-,28+,29-,31+/m0/s1. The zero-order valence-electron chi connectivity index (χ0n) is 26.5. The highest BCUT2D eigenvalue weighted by Crippen LogP contribution is 2.29.